The number of halogens is 1. The van der Waals surface area contributed by atoms with Crippen molar-refractivity contribution in [3.05, 3.63) is 190 Å². The monoisotopic (exact) mass is 951 g/mol. The molecule has 1 N–H and O–H groups in total. The van der Waals surface area contributed by atoms with Crippen molar-refractivity contribution in [3.8, 4) is 56.8 Å². The number of carbonyl (C=O) groups excluding carboxylic acids is 1. The molecule has 7 aromatic carbocycles. The Bertz CT molecular complexity index is 3050. The van der Waals surface area contributed by atoms with Gasteiger partial charge in [-0.2, -0.15) is 0 Å². The second-order valence-electron chi connectivity index (χ2n) is 16.0. The van der Waals surface area contributed by atoms with Crippen LogP contribution in [0.1, 0.15) is 33.4 Å². The lowest BCUT2D eigenvalue weighted by atomic mass is 9.95. The Balaban J connectivity index is 1.06. The van der Waals surface area contributed by atoms with E-state index >= 15 is 0 Å². The molecular formula is C55H50ClNO10S. The molecule has 1 heterocycles. The van der Waals surface area contributed by atoms with Crippen LogP contribution in [0, 0.1) is 6.92 Å². The highest BCUT2D eigenvalue weighted by Gasteiger charge is 2.22. The number of benzene rings is 7. The van der Waals surface area contributed by atoms with Crippen LogP contribution in [0.25, 0.3) is 28.3 Å². The standard InChI is InChI=1S/C55H50ClNO10S/c1-36-10-12-38(13-11-36)33-64-50-22-15-39(27-48(50)42-16-19-46(20-17-42)68(59,60)57-25-24-37-14-23-51(62-3)52(29-37)63-4)34-65-55(58)44(26-40-28-49(56)54-53(30-40)66-35-67-54)31-43-32-45(61-2)18-21-47(43)41-8-6-5-7-9-41/h5-23,27-32,57H,24-26,33-35H2,1-4H3. The zero-order valence-corrected chi connectivity index (χ0v) is 39.6. The minimum Gasteiger partial charge on any atom is -0.497 e. The molecule has 0 aliphatic carbocycles. The summed E-state index contributed by atoms with van der Waals surface area (Å²) in [5, 5.41) is 0.374. The Kier molecular flexibility index (Phi) is 15.0. The SMILES string of the molecule is COc1ccc(-c2ccccc2)c(C=C(Cc2cc(Cl)c3c(c2)OCO3)C(=O)OCc2ccc(OCc3ccc(C)cc3)c(-c3ccc(S(=O)(=O)NCCc4ccc(OC)c(OC)c4)cc3)c2)c1. The summed E-state index contributed by atoms with van der Waals surface area (Å²) >= 11 is 6.61. The molecular weight excluding hydrogens is 902 g/mol. The molecule has 0 spiro atoms. The molecule has 11 nitrogen and oxygen atoms in total. The Labute approximate surface area is 401 Å². The van der Waals surface area contributed by atoms with Crippen LogP contribution >= 0.6 is 11.6 Å². The number of rotatable bonds is 19. The smallest absolute Gasteiger partial charge is 0.334 e. The maximum atomic E-state index is 14.4. The van der Waals surface area contributed by atoms with E-state index in [0.717, 1.165) is 38.9 Å². The predicted molar refractivity (Wildman–Crippen MR) is 263 cm³/mol. The number of fused-ring (bicyclic) bond motifs is 1. The lowest BCUT2D eigenvalue weighted by Gasteiger charge is -2.16. The summed E-state index contributed by atoms with van der Waals surface area (Å²) in [7, 11) is 0.863. The van der Waals surface area contributed by atoms with E-state index in [9.17, 15) is 13.2 Å². The number of hydrogen-bond donors (Lipinski definition) is 1. The number of ether oxygens (including phenoxy) is 7. The highest BCUT2D eigenvalue weighted by Crippen LogP contribution is 2.41. The van der Waals surface area contributed by atoms with Gasteiger partial charge in [0.25, 0.3) is 0 Å². The third kappa shape index (κ3) is 11.5. The maximum Gasteiger partial charge on any atom is 0.334 e. The third-order valence-corrected chi connectivity index (χ3v) is 13.1. The molecule has 0 atom stereocenters. The predicted octanol–water partition coefficient (Wildman–Crippen LogP) is 11.2. The van der Waals surface area contributed by atoms with Gasteiger partial charge >= 0.3 is 5.97 Å². The van der Waals surface area contributed by atoms with Gasteiger partial charge in [-0.05, 0) is 125 Å². The third-order valence-electron chi connectivity index (χ3n) is 11.4. The van der Waals surface area contributed by atoms with Crippen LogP contribution in [0.2, 0.25) is 5.02 Å². The van der Waals surface area contributed by atoms with Crippen LogP contribution in [0.15, 0.2) is 156 Å². The summed E-state index contributed by atoms with van der Waals surface area (Å²) in [6, 6.07) is 44.9. The molecule has 1 aliphatic heterocycles. The van der Waals surface area contributed by atoms with Crippen molar-refractivity contribution in [3.63, 3.8) is 0 Å². The quantitative estimate of drug-likeness (QED) is 0.0618. The van der Waals surface area contributed by atoms with Gasteiger partial charge in [-0.1, -0.05) is 102 Å². The van der Waals surface area contributed by atoms with Crippen molar-refractivity contribution in [2.75, 3.05) is 34.7 Å². The number of nitrogens with one attached hydrogen (secondary N) is 1. The minimum atomic E-state index is -3.85. The summed E-state index contributed by atoms with van der Waals surface area (Å²) in [4.78, 5) is 14.5. The molecule has 68 heavy (non-hydrogen) atoms. The largest absolute Gasteiger partial charge is 0.497 e. The molecule has 7 aromatic rings. The van der Waals surface area contributed by atoms with Crippen LogP contribution in [-0.4, -0.2) is 49.1 Å². The molecule has 0 aromatic heterocycles. The maximum absolute atomic E-state index is 14.4. The number of esters is 1. The molecule has 0 saturated carbocycles. The minimum absolute atomic E-state index is 0.0500. The second kappa shape index (κ2) is 21.6. The van der Waals surface area contributed by atoms with Gasteiger partial charge in [0.2, 0.25) is 16.8 Å². The van der Waals surface area contributed by atoms with E-state index in [1.165, 1.54) is 0 Å². The molecule has 0 radical (unpaired) electrons. The van der Waals surface area contributed by atoms with Crippen molar-refractivity contribution in [2.45, 2.75) is 37.9 Å². The van der Waals surface area contributed by atoms with Gasteiger partial charge in [0.05, 0.1) is 31.2 Å². The fourth-order valence-corrected chi connectivity index (χ4v) is 9.07. The number of sulfonamides is 1. The van der Waals surface area contributed by atoms with Gasteiger partial charge in [0.1, 0.15) is 24.7 Å². The number of aryl methyl sites for hydroxylation is 1. The van der Waals surface area contributed by atoms with Gasteiger partial charge in [0.15, 0.2) is 23.0 Å². The van der Waals surface area contributed by atoms with E-state index in [1.807, 2.05) is 122 Å². The van der Waals surface area contributed by atoms with Crippen LogP contribution < -0.4 is 33.1 Å². The molecule has 0 fully saturated rings. The number of methoxy groups -OCH3 is 3. The molecule has 0 amide bonds. The lowest BCUT2D eigenvalue weighted by Crippen LogP contribution is -2.26. The average molecular weight is 953 g/mol. The van der Waals surface area contributed by atoms with Gasteiger partial charge in [-0.3, -0.25) is 0 Å². The Morgan fingerprint density at radius 3 is 2.15 bits per heavy atom. The van der Waals surface area contributed by atoms with Crippen molar-refractivity contribution >= 4 is 33.7 Å². The van der Waals surface area contributed by atoms with E-state index in [0.29, 0.717) is 74.8 Å². The average Bonchev–Trinajstić information content (AvgIpc) is 3.85. The van der Waals surface area contributed by atoms with Crippen molar-refractivity contribution in [1.82, 2.24) is 4.72 Å². The van der Waals surface area contributed by atoms with Crippen LogP contribution in [-0.2, 0) is 45.6 Å². The highest BCUT2D eigenvalue weighted by molar-refractivity contribution is 7.89. The summed E-state index contributed by atoms with van der Waals surface area (Å²) in [6.45, 7) is 2.47. The van der Waals surface area contributed by atoms with E-state index in [2.05, 4.69) is 4.72 Å². The Hall–Kier alpha value is -7.25. The second-order valence-corrected chi connectivity index (χ2v) is 18.2. The molecule has 0 saturated heterocycles. The zero-order chi connectivity index (χ0) is 47.6. The summed E-state index contributed by atoms with van der Waals surface area (Å²) in [6.07, 6.45) is 2.42. The van der Waals surface area contributed by atoms with E-state index < -0.39 is 16.0 Å². The topological polar surface area (TPSA) is 128 Å². The van der Waals surface area contributed by atoms with Gasteiger partial charge in [-0.15, -0.1) is 0 Å². The molecule has 1 aliphatic rings. The van der Waals surface area contributed by atoms with Gasteiger partial charge in [-0.25, -0.2) is 17.9 Å². The fourth-order valence-electron chi connectivity index (χ4n) is 7.75. The van der Waals surface area contributed by atoms with E-state index in [4.69, 9.17) is 44.8 Å². The van der Waals surface area contributed by atoms with Crippen molar-refractivity contribution < 1.29 is 46.4 Å². The van der Waals surface area contributed by atoms with Crippen LogP contribution in [0.3, 0.4) is 0 Å². The summed E-state index contributed by atoms with van der Waals surface area (Å²) in [5.41, 5.74) is 8.78. The first-order valence-corrected chi connectivity index (χ1v) is 23.7. The summed E-state index contributed by atoms with van der Waals surface area (Å²) in [5.74, 6) is 2.76. The number of hydrogen-bond acceptors (Lipinski definition) is 10. The molecule has 8 rings (SSSR count). The fraction of sp³-hybridized carbons (Fsp3) is 0.182. The molecule has 348 valence electrons. The lowest BCUT2D eigenvalue weighted by molar-refractivity contribution is -0.140. The van der Waals surface area contributed by atoms with Crippen LogP contribution in [0.5, 0.6) is 34.5 Å². The Morgan fingerprint density at radius 2 is 1.40 bits per heavy atom. The van der Waals surface area contributed by atoms with Crippen molar-refractivity contribution in [2.24, 2.45) is 0 Å². The van der Waals surface area contributed by atoms with E-state index in [1.54, 1.807) is 57.7 Å². The first-order valence-electron chi connectivity index (χ1n) is 21.8. The zero-order valence-electron chi connectivity index (χ0n) is 38.0. The molecule has 13 heteroatoms. The molecule has 0 unspecified atom stereocenters. The summed E-state index contributed by atoms with van der Waals surface area (Å²) < 4.78 is 69.7. The Morgan fingerprint density at radius 1 is 0.676 bits per heavy atom. The first kappa shape index (κ1) is 47.3. The van der Waals surface area contributed by atoms with Crippen molar-refractivity contribution in [1.29, 1.82) is 0 Å². The van der Waals surface area contributed by atoms with Gasteiger partial charge < -0.3 is 33.2 Å². The van der Waals surface area contributed by atoms with Crippen LogP contribution in [0.4, 0.5) is 0 Å². The first-order chi connectivity index (χ1) is 33.0. The van der Waals surface area contributed by atoms with Gasteiger partial charge in [0, 0.05) is 24.1 Å². The highest BCUT2D eigenvalue weighted by atomic mass is 35.5. The van der Waals surface area contributed by atoms with E-state index in [-0.39, 0.29) is 31.3 Å². The normalized spacial score (nSPS) is 12.1. The molecule has 0 bridgehead atoms. The number of carbonyl (C=O) groups is 1.